The van der Waals surface area contributed by atoms with E-state index in [4.69, 9.17) is 0 Å². The van der Waals surface area contributed by atoms with Gasteiger partial charge in [-0.05, 0) is 31.6 Å². The van der Waals surface area contributed by atoms with Crippen LogP contribution in [0.1, 0.15) is 64.2 Å². The first-order valence-electron chi connectivity index (χ1n) is 6.40. The van der Waals surface area contributed by atoms with E-state index < -0.39 is 0 Å². The second kappa shape index (κ2) is 4.95. The molecule has 2 atom stereocenters. The van der Waals surface area contributed by atoms with Crippen LogP contribution < -0.4 is 0 Å². The van der Waals surface area contributed by atoms with Crippen LogP contribution in [0.15, 0.2) is 0 Å². The molecule has 0 radical (unpaired) electrons. The number of rotatable bonds is 0. The summed E-state index contributed by atoms with van der Waals surface area (Å²) in [6.45, 7) is 0. The Balaban J connectivity index is 2.03. The normalized spacial score (nSPS) is 35.3. The highest BCUT2D eigenvalue weighted by Gasteiger charge is 2.29. The lowest BCUT2D eigenvalue weighted by molar-refractivity contribution is -0.124. The highest BCUT2D eigenvalue weighted by Crippen LogP contribution is 2.35. The summed E-state index contributed by atoms with van der Waals surface area (Å²) < 4.78 is 0. The van der Waals surface area contributed by atoms with E-state index in [1.807, 2.05) is 0 Å². The van der Waals surface area contributed by atoms with E-state index in [1.54, 1.807) is 0 Å². The molecule has 2 rings (SSSR count). The van der Waals surface area contributed by atoms with E-state index in [2.05, 4.69) is 0 Å². The molecular weight excluding hydrogens is 172 g/mol. The van der Waals surface area contributed by atoms with Gasteiger partial charge in [0.15, 0.2) is 0 Å². The van der Waals surface area contributed by atoms with Crippen molar-refractivity contribution >= 4 is 5.78 Å². The lowest BCUT2D eigenvalue weighted by atomic mass is 9.78. The number of hydrogen-bond acceptors (Lipinski definition) is 1. The van der Waals surface area contributed by atoms with Gasteiger partial charge < -0.3 is 0 Å². The predicted molar refractivity (Wildman–Crippen MR) is 58.2 cm³/mol. The van der Waals surface area contributed by atoms with Crippen molar-refractivity contribution in [3.8, 4) is 0 Å². The van der Waals surface area contributed by atoms with Crippen molar-refractivity contribution in [2.45, 2.75) is 64.2 Å². The number of fused-ring (bicyclic) bond motifs is 1. The van der Waals surface area contributed by atoms with Crippen LogP contribution in [0.5, 0.6) is 0 Å². The standard InChI is InChI=1S/C13H22O/c14-13-10-6-5-8-11-7-3-1-2-4-9-12(11)13/h11-12H,1-10H2/t11-,12-/m1/s1. The largest absolute Gasteiger partial charge is 0.299 e. The maximum Gasteiger partial charge on any atom is 0.136 e. The number of hydrogen-bond donors (Lipinski definition) is 0. The first-order valence-corrected chi connectivity index (χ1v) is 6.40. The molecule has 1 heteroatoms. The average Bonchev–Trinajstić information content (AvgIpc) is 2.28. The van der Waals surface area contributed by atoms with Gasteiger partial charge in [-0.25, -0.2) is 0 Å². The molecule has 0 aromatic heterocycles. The van der Waals surface area contributed by atoms with E-state index in [-0.39, 0.29) is 0 Å². The SMILES string of the molecule is O=C1CCCC[C@H]2CCCCCC[C@@H]12. The van der Waals surface area contributed by atoms with Crippen LogP contribution in [-0.4, -0.2) is 5.78 Å². The van der Waals surface area contributed by atoms with Crippen LogP contribution in [0.3, 0.4) is 0 Å². The Morgan fingerprint density at radius 1 is 0.786 bits per heavy atom. The lowest BCUT2D eigenvalue weighted by Crippen LogP contribution is -2.23. The Morgan fingerprint density at radius 2 is 1.43 bits per heavy atom. The molecule has 2 saturated carbocycles. The third-order valence-electron chi connectivity index (χ3n) is 4.07. The van der Waals surface area contributed by atoms with E-state index in [9.17, 15) is 4.79 Å². The van der Waals surface area contributed by atoms with Gasteiger partial charge in [0.25, 0.3) is 0 Å². The summed E-state index contributed by atoms with van der Waals surface area (Å²) >= 11 is 0. The summed E-state index contributed by atoms with van der Waals surface area (Å²) in [6, 6.07) is 0. The fourth-order valence-electron chi connectivity index (χ4n) is 3.22. The summed E-state index contributed by atoms with van der Waals surface area (Å²) in [6.07, 6.45) is 12.6. The van der Waals surface area contributed by atoms with Crippen LogP contribution in [0.4, 0.5) is 0 Å². The molecule has 80 valence electrons. The van der Waals surface area contributed by atoms with Crippen molar-refractivity contribution in [2.24, 2.45) is 11.8 Å². The Bertz CT molecular complexity index is 197. The Morgan fingerprint density at radius 3 is 2.21 bits per heavy atom. The molecule has 14 heavy (non-hydrogen) atoms. The molecule has 2 aliphatic rings. The summed E-state index contributed by atoms with van der Waals surface area (Å²) in [5.74, 6) is 1.80. The second-order valence-corrected chi connectivity index (χ2v) is 5.07. The first-order chi connectivity index (χ1) is 6.88. The zero-order valence-electron chi connectivity index (χ0n) is 9.13. The van der Waals surface area contributed by atoms with Crippen LogP contribution in [-0.2, 0) is 4.79 Å². The molecule has 2 aliphatic carbocycles. The number of Topliss-reactive ketones (excluding diaryl/α,β-unsaturated/α-hetero) is 1. The van der Waals surface area contributed by atoms with Gasteiger partial charge in [0.2, 0.25) is 0 Å². The van der Waals surface area contributed by atoms with E-state index in [1.165, 1.54) is 51.4 Å². The molecule has 0 aliphatic heterocycles. The molecule has 0 unspecified atom stereocenters. The van der Waals surface area contributed by atoms with Crippen molar-refractivity contribution < 1.29 is 4.79 Å². The van der Waals surface area contributed by atoms with E-state index in [0.717, 1.165) is 18.8 Å². The van der Waals surface area contributed by atoms with Crippen molar-refractivity contribution in [2.75, 3.05) is 0 Å². The molecule has 0 bridgehead atoms. The Hall–Kier alpha value is -0.330. The number of carbonyl (C=O) groups is 1. The minimum atomic E-state index is 0.456. The third kappa shape index (κ3) is 2.37. The summed E-state index contributed by atoms with van der Waals surface area (Å²) in [4.78, 5) is 11.9. The number of carbonyl (C=O) groups excluding carboxylic acids is 1. The molecule has 0 saturated heterocycles. The molecular formula is C13H22O. The highest BCUT2D eigenvalue weighted by atomic mass is 16.1. The van der Waals surface area contributed by atoms with E-state index in [0.29, 0.717) is 11.7 Å². The molecule has 0 aromatic carbocycles. The third-order valence-corrected chi connectivity index (χ3v) is 4.07. The van der Waals surface area contributed by atoms with Gasteiger partial charge in [0.1, 0.15) is 5.78 Å². The molecule has 0 spiro atoms. The van der Waals surface area contributed by atoms with E-state index >= 15 is 0 Å². The monoisotopic (exact) mass is 194 g/mol. The van der Waals surface area contributed by atoms with Gasteiger partial charge in [-0.1, -0.05) is 32.1 Å². The second-order valence-electron chi connectivity index (χ2n) is 5.07. The smallest absolute Gasteiger partial charge is 0.136 e. The summed E-state index contributed by atoms with van der Waals surface area (Å²) in [5, 5.41) is 0. The summed E-state index contributed by atoms with van der Waals surface area (Å²) in [5.41, 5.74) is 0. The Labute approximate surface area is 87.3 Å². The van der Waals surface area contributed by atoms with Gasteiger partial charge in [-0.15, -0.1) is 0 Å². The molecule has 2 fully saturated rings. The van der Waals surface area contributed by atoms with Crippen molar-refractivity contribution in [3.05, 3.63) is 0 Å². The quantitative estimate of drug-likeness (QED) is 0.574. The molecule has 0 amide bonds. The van der Waals surface area contributed by atoms with Gasteiger partial charge in [-0.2, -0.15) is 0 Å². The topological polar surface area (TPSA) is 17.1 Å². The Kier molecular flexibility index (Phi) is 3.61. The van der Waals surface area contributed by atoms with Crippen LogP contribution >= 0.6 is 0 Å². The molecule has 0 aromatic rings. The van der Waals surface area contributed by atoms with Gasteiger partial charge in [0.05, 0.1) is 0 Å². The summed E-state index contributed by atoms with van der Waals surface area (Å²) in [7, 11) is 0. The van der Waals surface area contributed by atoms with Crippen LogP contribution in [0.2, 0.25) is 0 Å². The fraction of sp³-hybridized carbons (Fsp3) is 0.923. The maximum absolute atomic E-state index is 11.9. The minimum Gasteiger partial charge on any atom is -0.299 e. The maximum atomic E-state index is 11.9. The molecule has 1 nitrogen and oxygen atoms in total. The average molecular weight is 194 g/mol. The highest BCUT2D eigenvalue weighted by molar-refractivity contribution is 5.81. The fourth-order valence-corrected chi connectivity index (χ4v) is 3.22. The zero-order valence-corrected chi connectivity index (χ0v) is 9.13. The van der Waals surface area contributed by atoms with Gasteiger partial charge in [-0.3, -0.25) is 4.79 Å². The first kappa shape index (κ1) is 10.2. The van der Waals surface area contributed by atoms with Gasteiger partial charge in [0, 0.05) is 12.3 Å². The van der Waals surface area contributed by atoms with Crippen molar-refractivity contribution in [3.63, 3.8) is 0 Å². The number of ketones is 1. The minimum absolute atomic E-state index is 0.456. The van der Waals surface area contributed by atoms with Crippen molar-refractivity contribution in [1.29, 1.82) is 0 Å². The molecule has 0 heterocycles. The lowest BCUT2D eigenvalue weighted by Gasteiger charge is -2.26. The van der Waals surface area contributed by atoms with Crippen molar-refractivity contribution in [1.82, 2.24) is 0 Å². The molecule has 0 N–H and O–H groups in total. The van der Waals surface area contributed by atoms with Crippen LogP contribution in [0, 0.1) is 11.8 Å². The van der Waals surface area contributed by atoms with Gasteiger partial charge >= 0.3 is 0 Å². The van der Waals surface area contributed by atoms with Crippen LogP contribution in [0.25, 0.3) is 0 Å². The predicted octanol–water partition coefficient (Wildman–Crippen LogP) is 3.72. The zero-order chi connectivity index (χ0) is 9.80.